The number of nitrogens with zero attached hydrogens (tertiary/aromatic N) is 1. The van der Waals surface area contributed by atoms with E-state index in [0.29, 0.717) is 13.2 Å². The molecule has 0 spiro atoms. The van der Waals surface area contributed by atoms with E-state index in [2.05, 4.69) is 0 Å². The molecular formula is C12H19NO3. The van der Waals surface area contributed by atoms with Crippen molar-refractivity contribution in [2.75, 3.05) is 19.7 Å². The lowest BCUT2D eigenvalue weighted by Gasteiger charge is -2.30. The normalized spacial score (nSPS) is 21.1. The molecule has 1 heterocycles. The quantitative estimate of drug-likeness (QED) is 0.538. The van der Waals surface area contributed by atoms with E-state index < -0.39 is 0 Å². The standard InChI is InChI=1S/C12H19NO3/c1-3-6-11(14)13-8-5-7-10(9-13)12(15)16-4-2/h3,6,10H,4-5,7-9H2,1-2H3/b6-3+. The summed E-state index contributed by atoms with van der Waals surface area (Å²) in [5, 5.41) is 0. The van der Waals surface area contributed by atoms with Gasteiger partial charge in [0, 0.05) is 13.1 Å². The number of carbonyl (C=O) groups excluding carboxylic acids is 2. The molecule has 1 aliphatic heterocycles. The molecule has 1 aliphatic rings. The summed E-state index contributed by atoms with van der Waals surface area (Å²) in [7, 11) is 0. The van der Waals surface area contributed by atoms with Gasteiger partial charge < -0.3 is 9.64 Å². The van der Waals surface area contributed by atoms with E-state index in [0.717, 1.165) is 19.4 Å². The molecular weight excluding hydrogens is 206 g/mol. The molecule has 90 valence electrons. The van der Waals surface area contributed by atoms with Gasteiger partial charge >= 0.3 is 5.97 Å². The van der Waals surface area contributed by atoms with E-state index >= 15 is 0 Å². The van der Waals surface area contributed by atoms with Crippen molar-refractivity contribution >= 4 is 11.9 Å². The van der Waals surface area contributed by atoms with Crippen LogP contribution in [0.25, 0.3) is 0 Å². The predicted octanol–water partition coefficient (Wildman–Crippen LogP) is 1.36. The summed E-state index contributed by atoms with van der Waals surface area (Å²) in [6.45, 7) is 5.23. The summed E-state index contributed by atoms with van der Waals surface area (Å²) in [5.74, 6) is -0.347. The molecule has 0 aromatic carbocycles. The van der Waals surface area contributed by atoms with E-state index in [4.69, 9.17) is 4.74 Å². The van der Waals surface area contributed by atoms with Crippen LogP contribution in [-0.2, 0) is 14.3 Å². The highest BCUT2D eigenvalue weighted by Crippen LogP contribution is 2.18. The van der Waals surface area contributed by atoms with Gasteiger partial charge in [-0.2, -0.15) is 0 Å². The van der Waals surface area contributed by atoms with Crippen LogP contribution in [0.5, 0.6) is 0 Å². The third-order valence-corrected chi connectivity index (χ3v) is 2.66. The number of esters is 1. The number of hydrogen-bond acceptors (Lipinski definition) is 3. The number of rotatable bonds is 3. The van der Waals surface area contributed by atoms with Crippen molar-refractivity contribution in [1.29, 1.82) is 0 Å². The Labute approximate surface area is 96.3 Å². The Balaban J connectivity index is 2.53. The first kappa shape index (κ1) is 12.7. The fourth-order valence-corrected chi connectivity index (χ4v) is 1.88. The van der Waals surface area contributed by atoms with Crippen molar-refractivity contribution in [2.24, 2.45) is 5.92 Å². The molecule has 1 amide bonds. The zero-order chi connectivity index (χ0) is 12.0. The van der Waals surface area contributed by atoms with Crippen molar-refractivity contribution in [3.05, 3.63) is 12.2 Å². The fraction of sp³-hybridized carbons (Fsp3) is 0.667. The largest absolute Gasteiger partial charge is 0.466 e. The molecule has 0 radical (unpaired) electrons. The first-order valence-corrected chi connectivity index (χ1v) is 5.77. The van der Waals surface area contributed by atoms with Crippen molar-refractivity contribution in [3.63, 3.8) is 0 Å². The topological polar surface area (TPSA) is 46.6 Å². The van der Waals surface area contributed by atoms with Crippen LogP contribution < -0.4 is 0 Å². The molecule has 1 rings (SSSR count). The van der Waals surface area contributed by atoms with E-state index in [-0.39, 0.29) is 17.8 Å². The fourth-order valence-electron chi connectivity index (χ4n) is 1.88. The number of piperidine rings is 1. The maximum absolute atomic E-state index is 11.6. The molecule has 1 unspecified atom stereocenters. The molecule has 0 aliphatic carbocycles. The Morgan fingerprint density at radius 1 is 1.50 bits per heavy atom. The van der Waals surface area contributed by atoms with Gasteiger partial charge in [-0.3, -0.25) is 9.59 Å². The Morgan fingerprint density at radius 2 is 2.25 bits per heavy atom. The Kier molecular flexibility index (Phi) is 5.02. The molecule has 1 saturated heterocycles. The molecule has 0 saturated carbocycles. The second-order valence-corrected chi connectivity index (χ2v) is 3.88. The van der Waals surface area contributed by atoms with Gasteiger partial charge in [0.1, 0.15) is 0 Å². The van der Waals surface area contributed by atoms with Crippen LogP contribution in [0.4, 0.5) is 0 Å². The van der Waals surface area contributed by atoms with Crippen LogP contribution in [0.2, 0.25) is 0 Å². The summed E-state index contributed by atoms with van der Waals surface area (Å²) in [6.07, 6.45) is 4.94. The smallest absolute Gasteiger partial charge is 0.310 e. The number of carbonyl (C=O) groups is 2. The molecule has 1 atom stereocenters. The Bertz CT molecular complexity index is 286. The second kappa shape index (κ2) is 6.30. The van der Waals surface area contributed by atoms with Crippen molar-refractivity contribution in [3.8, 4) is 0 Å². The lowest BCUT2D eigenvalue weighted by Crippen LogP contribution is -2.42. The van der Waals surface area contributed by atoms with E-state index in [1.807, 2.05) is 6.92 Å². The lowest BCUT2D eigenvalue weighted by molar-refractivity contribution is -0.150. The molecule has 0 N–H and O–H groups in total. The van der Waals surface area contributed by atoms with Gasteiger partial charge in [0.05, 0.1) is 12.5 Å². The minimum atomic E-state index is -0.180. The van der Waals surface area contributed by atoms with Gasteiger partial charge in [0.25, 0.3) is 0 Å². The van der Waals surface area contributed by atoms with Crippen molar-refractivity contribution in [1.82, 2.24) is 4.90 Å². The van der Waals surface area contributed by atoms with E-state index in [1.54, 1.807) is 17.9 Å². The summed E-state index contributed by atoms with van der Waals surface area (Å²) >= 11 is 0. The SMILES string of the molecule is C/C=C/C(=O)N1CCCC(C(=O)OCC)C1. The van der Waals surface area contributed by atoms with Crippen LogP contribution >= 0.6 is 0 Å². The van der Waals surface area contributed by atoms with Gasteiger partial charge in [0.15, 0.2) is 0 Å². The molecule has 0 aromatic rings. The van der Waals surface area contributed by atoms with Gasteiger partial charge in [-0.25, -0.2) is 0 Å². The van der Waals surface area contributed by atoms with E-state index in [1.165, 1.54) is 6.08 Å². The second-order valence-electron chi connectivity index (χ2n) is 3.88. The maximum atomic E-state index is 11.6. The summed E-state index contributed by atoms with van der Waals surface area (Å²) in [6, 6.07) is 0. The molecule has 0 bridgehead atoms. The van der Waals surface area contributed by atoms with Gasteiger partial charge in [-0.1, -0.05) is 6.08 Å². The van der Waals surface area contributed by atoms with Crippen LogP contribution in [0, 0.1) is 5.92 Å². The summed E-state index contributed by atoms with van der Waals surface area (Å²) in [5.41, 5.74) is 0. The molecule has 1 fully saturated rings. The van der Waals surface area contributed by atoms with Crippen LogP contribution in [0.1, 0.15) is 26.7 Å². The molecule has 4 nitrogen and oxygen atoms in total. The minimum Gasteiger partial charge on any atom is -0.466 e. The Hall–Kier alpha value is -1.32. The zero-order valence-corrected chi connectivity index (χ0v) is 9.94. The minimum absolute atomic E-state index is 0.0171. The first-order valence-electron chi connectivity index (χ1n) is 5.77. The predicted molar refractivity (Wildman–Crippen MR) is 60.8 cm³/mol. The average molecular weight is 225 g/mol. The van der Waals surface area contributed by atoms with Crippen LogP contribution in [0.15, 0.2) is 12.2 Å². The van der Waals surface area contributed by atoms with Crippen molar-refractivity contribution in [2.45, 2.75) is 26.7 Å². The first-order chi connectivity index (χ1) is 7.69. The summed E-state index contributed by atoms with van der Waals surface area (Å²) < 4.78 is 4.97. The number of amides is 1. The lowest BCUT2D eigenvalue weighted by atomic mass is 9.98. The Morgan fingerprint density at radius 3 is 2.88 bits per heavy atom. The number of allylic oxidation sites excluding steroid dienone is 1. The van der Waals surface area contributed by atoms with Gasteiger partial charge in [0.2, 0.25) is 5.91 Å². The highest BCUT2D eigenvalue weighted by molar-refractivity contribution is 5.88. The monoisotopic (exact) mass is 225 g/mol. The highest BCUT2D eigenvalue weighted by Gasteiger charge is 2.28. The van der Waals surface area contributed by atoms with Gasteiger partial charge in [-0.05, 0) is 32.8 Å². The zero-order valence-electron chi connectivity index (χ0n) is 9.94. The summed E-state index contributed by atoms with van der Waals surface area (Å²) in [4.78, 5) is 24.9. The number of likely N-dealkylation sites (tertiary alicyclic amines) is 1. The third kappa shape index (κ3) is 3.36. The molecule has 0 aromatic heterocycles. The highest BCUT2D eigenvalue weighted by atomic mass is 16.5. The maximum Gasteiger partial charge on any atom is 0.310 e. The molecule has 4 heteroatoms. The number of hydrogen-bond donors (Lipinski definition) is 0. The van der Waals surface area contributed by atoms with E-state index in [9.17, 15) is 9.59 Å². The van der Waals surface area contributed by atoms with Gasteiger partial charge in [-0.15, -0.1) is 0 Å². The van der Waals surface area contributed by atoms with Crippen LogP contribution in [-0.4, -0.2) is 36.5 Å². The number of ether oxygens (including phenoxy) is 1. The van der Waals surface area contributed by atoms with Crippen molar-refractivity contribution < 1.29 is 14.3 Å². The van der Waals surface area contributed by atoms with Crippen LogP contribution in [0.3, 0.4) is 0 Å². The average Bonchev–Trinajstić information content (AvgIpc) is 2.30. The molecule has 16 heavy (non-hydrogen) atoms. The third-order valence-electron chi connectivity index (χ3n) is 2.66.